The molecule has 0 aliphatic heterocycles. The van der Waals surface area contributed by atoms with Crippen molar-refractivity contribution in [2.24, 2.45) is 0 Å². The molecule has 1 aromatic rings. The van der Waals surface area contributed by atoms with Gasteiger partial charge in [0.25, 0.3) is 0 Å². The lowest BCUT2D eigenvalue weighted by Gasteiger charge is -2.40. The first-order chi connectivity index (χ1) is 9.88. The van der Waals surface area contributed by atoms with Crippen molar-refractivity contribution < 1.29 is 13.2 Å². The minimum absolute atomic E-state index is 0.00151. The number of rotatable bonds is 6. The van der Waals surface area contributed by atoms with Gasteiger partial charge in [0, 0.05) is 23.9 Å². The van der Waals surface area contributed by atoms with Gasteiger partial charge in [-0.1, -0.05) is 6.42 Å². The maximum Gasteiger partial charge on any atom is 0.433 e. The molecule has 1 aromatic heterocycles. The Bertz CT molecular complexity index is 483. The highest BCUT2D eigenvalue weighted by atomic mass is 32.2. The maximum atomic E-state index is 12.9. The van der Waals surface area contributed by atoms with Crippen molar-refractivity contribution in [2.45, 2.75) is 37.1 Å². The monoisotopic (exact) mass is 320 g/mol. The van der Waals surface area contributed by atoms with Crippen molar-refractivity contribution in [3.05, 3.63) is 11.8 Å². The normalized spacial score (nSPS) is 17.2. The lowest BCUT2D eigenvalue weighted by molar-refractivity contribution is -0.141. The second-order valence-corrected chi connectivity index (χ2v) is 6.36. The zero-order valence-corrected chi connectivity index (χ0v) is 12.9. The van der Waals surface area contributed by atoms with Gasteiger partial charge in [0.1, 0.15) is 5.82 Å². The number of nitrogens with zero attached hydrogens (tertiary/aromatic N) is 2. The summed E-state index contributed by atoms with van der Waals surface area (Å²) in [4.78, 5) is 7.59. The number of anilines is 2. The van der Waals surface area contributed by atoms with Gasteiger partial charge in [0.05, 0.1) is 0 Å². The average Bonchev–Trinajstić information content (AvgIpc) is 2.37. The van der Waals surface area contributed by atoms with Crippen LogP contribution in [-0.2, 0) is 6.18 Å². The molecule has 1 aliphatic rings. The van der Waals surface area contributed by atoms with Gasteiger partial charge < -0.3 is 10.6 Å². The molecule has 0 aromatic carbocycles. The summed E-state index contributed by atoms with van der Waals surface area (Å²) < 4.78 is 38.7. The Morgan fingerprint density at radius 2 is 2.00 bits per heavy atom. The molecule has 4 nitrogen and oxygen atoms in total. The van der Waals surface area contributed by atoms with Crippen molar-refractivity contribution in [1.82, 2.24) is 9.97 Å². The Balaban J connectivity index is 2.15. The second-order valence-electron chi connectivity index (χ2n) is 5.08. The van der Waals surface area contributed by atoms with E-state index in [4.69, 9.17) is 0 Å². The van der Waals surface area contributed by atoms with Crippen LogP contribution in [0.15, 0.2) is 6.07 Å². The molecular formula is C13H19F3N4S. The molecular weight excluding hydrogens is 301 g/mol. The van der Waals surface area contributed by atoms with Crippen LogP contribution >= 0.6 is 11.8 Å². The van der Waals surface area contributed by atoms with Gasteiger partial charge >= 0.3 is 6.18 Å². The zero-order valence-electron chi connectivity index (χ0n) is 12.0. The summed E-state index contributed by atoms with van der Waals surface area (Å²) in [6.07, 6.45) is 0.892. The summed E-state index contributed by atoms with van der Waals surface area (Å²) in [5.41, 5.74) is -0.928. The van der Waals surface area contributed by atoms with Gasteiger partial charge in [-0.05, 0) is 26.0 Å². The smallest absolute Gasteiger partial charge is 0.368 e. The average molecular weight is 320 g/mol. The predicted octanol–water partition coefficient (Wildman–Crippen LogP) is 3.62. The highest BCUT2D eigenvalue weighted by Gasteiger charge is 2.37. The van der Waals surface area contributed by atoms with Crippen LogP contribution in [0.5, 0.6) is 0 Å². The third-order valence-corrected chi connectivity index (χ3v) is 5.06. The number of hydrogen-bond donors (Lipinski definition) is 2. The minimum Gasteiger partial charge on any atom is -0.368 e. The van der Waals surface area contributed by atoms with E-state index in [2.05, 4.69) is 20.6 Å². The van der Waals surface area contributed by atoms with Crippen LogP contribution in [0.3, 0.4) is 0 Å². The highest BCUT2D eigenvalue weighted by molar-refractivity contribution is 8.00. The van der Waals surface area contributed by atoms with Gasteiger partial charge in [-0.15, -0.1) is 0 Å². The van der Waals surface area contributed by atoms with Gasteiger partial charge in [-0.2, -0.15) is 29.9 Å². The molecule has 0 radical (unpaired) electrons. The van der Waals surface area contributed by atoms with Gasteiger partial charge in [-0.25, -0.2) is 4.98 Å². The Morgan fingerprint density at radius 1 is 1.29 bits per heavy atom. The largest absolute Gasteiger partial charge is 0.433 e. The molecule has 0 saturated heterocycles. The van der Waals surface area contributed by atoms with Crippen LogP contribution < -0.4 is 10.6 Å². The maximum absolute atomic E-state index is 12.9. The van der Waals surface area contributed by atoms with Gasteiger partial charge in [0.2, 0.25) is 5.95 Å². The summed E-state index contributed by atoms with van der Waals surface area (Å²) in [5.74, 6) is 0.218. The van der Waals surface area contributed by atoms with E-state index < -0.39 is 11.9 Å². The number of thioether (sulfide) groups is 1. The van der Waals surface area contributed by atoms with E-state index in [9.17, 15) is 13.2 Å². The quantitative estimate of drug-likeness (QED) is 0.838. The number of nitrogens with one attached hydrogen (secondary N) is 2. The molecule has 1 saturated carbocycles. The number of hydrogen-bond acceptors (Lipinski definition) is 5. The van der Waals surface area contributed by atoms with Crippen molar-refractivity contribution in [2.75, 3.05) is 30.0 Å². The fourth-order valence-electron chi connectivity index (χ4n) is 2.20. The first kappa shape index (κ1) is 16.2. The van der Waals surface area contributed by atoms with Gasteiger partial charge in [-0.3, -0.25) is 0 Å². The molecule has 2 N–H and O–H groups in total. The predicted molar refractivity (Wildman–Crippen MR) is 79.8 cm³/mol. The molecule has 1 fully saturated rings. The molecule has 0 bridgehead atoms. The number of halogens is 3. The van der Waals surface area contributed by atoms with Crippen LogP contribution in [0.4, 0.5) is 24.9 Å². The fraction of sp³-hybridized carbons (Fsp3) is 0.692. The van der Waals surface area contributed by atoms with E-state index in [1.165, 1.54) is 6.42 Å². The lowest BCUT2D eigenvalue weighted by Crippen LogP contribution is -2.40. The van der Waals surface area contributed by atoms with E-state index in [-0.39, 0.29) is 16.5 Å². The van der Waals surface area contributed by atoms with Crippen LogP contribution in [0.25, 0.3) is 0 Å². The molecule has 1 aliphatic carbocycles. The lowest BCUT2D eigenvalue weighted by atomic mass is 9.84. The molecule has 21 heavy (non-hydrogen) atoms. The topological polar surface area (TPSA) is 49.8 Å². The summed E-state index contributed by atoms with van der Waals surface area (Å²) in [5, 5.41) is 5.77. The fourth-order valence-corrected chi connectivity index (χ4v) is 3.11. The van der Waals surface area contributed by atoms with Crippen LogP contribution in [-0.4, -0.2) is 34.1 Å². The van der Waals surface area contributed by atoms with Crippen molar-refractivity contribution in [1.29, 1.82) is 0 Å². The van der Waals surface area contributed by atoms with E-state index in [0.29, 0.717) is 13.1 Å². The van der Waals surface area contributed by atoms with E-state index in [1.807, 2.05) is 6.26 Å². The summed E-state index contributed by atoms with van der Waals surface area (Å²) in [7, 11) is 0. The molecule has 0 amide bonds. The molecule has 0 spiro atoms. The second kappa shape index (κ2) is 6.29. The van der Waals surface area contributed by atoms with Crippen molar-refractivity contribution in [3.8, 4) is 0 Å². The molecule has 2 rings (SSSR count). The third-order valence-electron chi connectivity index (χ3n) is 3.64. The Kier molecular flexibility index (Phi) is 4.85. The van der Waals surface area contributed by atoms with Crippen LogP contribution in [0.2, 0.25) is 0 Å². The molecule has 1 heterocycles. The molecule has 118 valence electrons. The molecule has 8 heteroatoms. The minimum atomic E-state index is -4.47. The molecule has 0 unspecified atom stereocenters. The third kappa shape index (κ3) is 3.93. The Hall–Kier alpha value is -1.18. The first-order valence-electron chi connectivity index (χ1n) is 6.88. The standard InChI is InChI=1S/C13H19F3N4S/c1-3-17-11-19-9(13(14,15)16)7-10(20-11)18-8-12(21-2)5-4-6-12/h7H,3-6,8H2,1-2H3,(H2,17,18,19,20). The summed E-state index contributed by atoms with van der Waals surface area (Å²) in [6.45, 7) is 2.87. The van der Waals surface area contributed by atoms with E-state index in [1.54, 1.807) is 18.7 Å². The van der Waals surface area contributed by atoms with E-state index >= 15 is 0 Å². The van der Waals surface area contributed by atoms with Crippen LogP contribution in [0.1, 0.15) is 31.9 Å². The molecule has 0 atom stereocenters. The highest BCUT2D eigenvalue weighted by Crippen LogP contribution is 2.42. The van der Waals surface area contributed by atoms with Crippen LogP contribution in [0, 0.1) is 0 Å². The van der Waals surface area contributed by atoms with E-state index in [0.717, 1.165) is 18.9 Å². The Labute approximate surface area is 126 Å². The SMILES string of the molecule is CCNc1nc(NCC2(SC)CCC2)cc(C(F)(F)F)n1. The summed E-state index contributed by atoms with van der Waals surface area (Å²) >= 11 is 1.76. The number of alkyl halides is 3. The number of aromatic nitrogens is 2. The van der Waals surface area contributed by atoms with Crippen molar-refractivity contribution in [3.63, 3.8) is 0 Å². The van der Waals surface area contributed by atoms with Crippen molar-refractivity contribution >= 4 is 23.5 Å². The Morgan fingerprint density at radius 3 is 2.48 bits per heavy atom. The zero-order chi connectivity index (χ0) is 15.5. The van der Waals surface area contributed by atoms with Gasteiger partial charge in [0.15, 0.2) is 5.69 Å². The first-order valence-corrected chi connectivity index (χ1v) is 8.10. The summed E-state index contributed by atoms with van der Waals surface area (Å²) in [6, 6.07) is 0.966.